The van der Waals surface area contributed by atoms with E-state index < -0.39 is 0 Å². The van der Waals surface area contributed by atoms with Crippen molar-refractivity contribution in [3.63, 3.8) is 0 Å². The number of nitrogen functional groups attached to an aromatic ring is 1. The van der Waals surface area contributed by atoms with Gasteiger partial charge in [-0.15, -0.1) is 0 Å². The largest absolute Gasteiger partial charge is 0.398 e. The lowest BCUT2D eigenvalue weighted by atomic mass is 10.1. The molecular weight excluding hydrogens is 294 g/mol. The molecule has 1 unspecified atom stereocenters. The molecule has 0 amide bonds. The highest BCUT2D eigenvalue weighted by Crippen LogP contribution is 2.42. The fourth-order valence-corrected chi connectivity index (χ4v) is 3.36. The van der Waals surface area contributed by atoms with Gasteiger partial charge in [0.2, 0.25) is 0 Å². The maximum Gasteiger partial charge on any atom is 0.128 e. The number of nitrogens with zero attached hydrogens (tertiary/aromatic N) is 1. The van der Waals surface area contributed by atoms with Gasteiger partial charge < -0.3 is 16.0 Å². The van der Waals surface area contributed by atoms with Crippen molar-refractivity contribution < 1.29 is 0 Å². The van der Waals surface area contributed by atoms with Crippen LogP contribution in [0.1, 0.15) is 17.3 Å². The first-order chi connectivity index (χ1) is 11.8. The van der Waals surface area contributed by atoms with Crippen LogP contribution in [0.25, 0.3) is 0 Å². The summed E-state index contributed by atoms with van der Waals surface area (Å²) < 4.78 is 0. The quantitative estimate of drug-likeness (QED) is 0.699. The van der Waals surface area contributed by atoms with Gasteiger partial charge in [0.05, 0.1) is 11.4 Å². The molecule has 0 radical (unpaired) electrons. The van der Waals surface area contributed by atoms with Gasteiger partial charge in [0.15, 0.2) is 0 Å². The van der Waals surface area contributed by atoms with Crippen LogP contribution in [0, 0.1) is 0 Å². The van der Waals surface area contributed by atoms with Gasteiger partial charge in [0.1, 0.15) is 6.17 Å². The molecule has 1 aliphatic heterocycles. The zero-order valence-corrected chi connectivity index (χ0v) is 13.5. The predicted molar refractivity (Wildman–Crippen MR) is 101 cm³/mol. The Hall–Kier alpha value is -2.94. The Labute approximate surface area is 142 Å². The van der Waals surface area contributed by atoms with Gasteiger partial charge in [-0.05, 0) is 30.2 Å². The van der Waals surface area contributed by atoms with Crippen LogP contribution in [-0.2, 0) is 6.42 Å². The molecule has 3 N–H and O–H groups in total. The van der Waals surface area contributed by atoms with E-state index in [-0.39, 0.29) is 6.17 Å². The molecule has 0 spiro atoms. The standard InChI is InChI=1S/C21H21N3/c22-18-11-5-4-10-17(18)21-23-19-12-6-7-13-20(19)24(21)15-14-16-8-2-1-3-9-16/h1-13,21,23H,14-15,22H2. The fraction of sp³-hybridized carbons (Fsp3) is 0.143. The summed E-state index contributed by atoms with van der Waals surface area (Å²) in [6.07, 6.45) is 1.08. The molecule has 0 aliphatic carbocycles. The lowest BCUT2D eigenvalue weighted by Crippen LogP contribution is -2.30. The van der Waals surface area contributed by atoms with Crippen molar-refractivity contribution in [1.82, 2.24) is 0 Å². The van der Waals surface area contributed by atoms with E-state index >= 15 is 0 Å². The third-order valence-corrected chi connectivity index (χ3v) is 4.59. The van der Waals surface area contributed by atoms with Gasteiger partial charge >= 0.3 is 0 Å². The maximum absolute atomic E-state index is 6.24. The highest BCUT2D eigenvalue weighted by molar-refractivity contribution is 5.77. The molecule has 1 heterocycles. The molecule has 1 atom stereocenters. The molecule has 4 rings (SSSR count). The van der Waals surface area contributed by atoms with E-state index in [0.29, 0.717) is 0 Å². The predicted octanol–water partition coefficient (Wildman–Crippen LogP) is 4.44. The first-order valence-electron chi connectivity index (χ1n) is 8.33. The number of benzene rings is 3. The summed E-state index contributed by atoms with van der Waals surface area (Å²) in [7, 11) is 0. The van der Waals surface area contributed by atoms with Crippen molar-refractivity contribution in [2.24, 2.45) is 0 Å². The second-order valence-electron chi connectivity index (χ2n) is 6.12. The summed E-state index contributed by atoms with van der Waals surface area (Å²) in [6.45, 7) is 0.938. The molecule has 3 aromatic rings. The molecule has 0 saturated carbocycles. The van der Waals surface area contributed by atoms with Crippen molar-refractivity contribution in [2.75, 3.05) is 22.5 Å². The molecule has 0 fully saturated rings. The Kier molecular flexibility index (Phi) is 3.83. The van der Waals surface area contributed by atoms with E-state index in [1.165, 1.54) is 16.9 Å². The van der Waals surface area contributed by atoms with Crippen LogP contribution in [0.5, 0.6) is 0 Å². The van der Waals surface area contributed by atoms with Crippen LogP contribution >= 0.6 is 0 Å². The number of nitrogens with two attached hydrogens (primary N) is 1. The lowest BCUT2D eigenvalue weighted by Gasteiger charge is -2.28. The van der Waals surface area contributed by atoms with Crippen LogP contribution in [0.4, 0.5) is 17.1 Å². The second-order valence-corrected chi connectivity index (χ2v) is 6.12. The summed E-state index contributed by atoms with van der Waals surface area (Å²) >= 11 is 0. The average Bonchev–Trinajstić information content (AvgIpc) is 2.99. The summed E-state index contributed by atoms with van der Waals surface area (Å²) in [5.41, 5.74) is 11.9. The van der Waals surface area contributed by atoms with E-state index in [0.717, 1.165) is 24.2 Å². The van der Waals surface area contributed by atoms with E-state index in [2.05, 4.69) is 70.9 Å². The normalized spacial score (nSPS) is 15.8. The minimum atomic E-state index is 0.0762. The van der Waals surface area contributed by atoms with Crippen LogP contribution in [0.2, 0.25) is 0 Å². The Balaban J connectivity index is 1.65. The molecule has 120 valence electrons. The van der Waals surface area contributed by atoms with Gasteiger partial charge in [0.25, 0.3) is 0 Å². The minimum Gasteiger partial charge on any atom is -0.398 e. The molecule has 0 saturated heterocycles. The zero-order chi connectivity index (χ0) is 16.4. The summed E-state index contributed by atoms with van der Waals surface area (Å²) in [5, 5.41) is 3.62. The van der Waals surface area contributed by atoms with Gasteiger partial charge in [-0.3, -0.25) is 0 Å². The Bertz CT molecular complexity index is 829. The number of fused-ring (bicyclic) bond motifs is 1. The number of hydrogen-bond donors (Lipinski definition) is 2. The van der Waals surface area contributed by atoms with Crippen molar-refractivity contribution in [3.05, 3.63) is 90.0 Å². The van der Waals surface area contributed by atoms with Crippen molar-refractivity contribution in [2.45, 2.75) is 12.6 Å². The first-order valence-corrected chi connectivity index (χ1v) is 8.33. The van der Waals surface area contributed by atoms with Crippen molar-refractivity contribution >= 4 is 17.1 Å². The topological polar surface area (TPSA) is 41.3 Å². The van der Waals surface area contributed by atoms with Gasteiger partial charge in [0, 0.05) is 17.8 Å². The second kappa shape index (κ2) is 6.28. The molecule has 3 aromatic carbocycles. The highest BCUT2D eigenvalue weighted by atomic mass is 15.3. The molecule has 0 aromatic heterocycles. The minimum absolute atomic E-state index is 0.0762. The molecule has 3 nitrogen and oxygen atoms in total. The Morgan fingerprint density at radius 1 is 0.833 bits per heavy atom. The zero-order valence-electron chi connectivity index (χ0n) is 13.5. The Morgan fingerprint density at radius 2 is 1.54 bits per heavy atom. The monoisotopic (exact) mass is 315 g/mol. The number of nitrogens with one attached hydrogen (secondary N) is 1. The molecule has 1 aliphatic rings. The third-order valence-electron chi connectivity index (χ3n) is 4.59. The third kappa shape index (κ3) is 2.69. The van der Waals surface area contributed by atoms with Crippen LogP contribution in [-0.4, -0.2) is 6.54 Å². The van der Waals surface area contributed by atoms with Gasteiger partial charge in [-0.1, -0.05) is 60.7 Å². The fourth-order valence-electron chi connectivity index (χ4n) is 3.36. The van der Waals surface area contributed by atoms with Crippen molar-refractivity contribution in [3.8, 4) is 0 Å². The Morgan fingerprint density at radius 3 is 2.38 bits per heavy atom. The highest BCUT2D eigenvalue weighted by Gasteiger charge is 2.30. The van der Waals surface area contributed by atoms with E-state index in [9.17, 15) is 0 Å². The summed E-state index contributed by atoms with van der Waals surface area (Å²) in [4.78, 5) is 2.41. The van der Waals surface area contributed by atoms with E-state index in [1.807, 2.05) is 18.2 Å². The van der Waals surface area contributed by atoms with Crippen LogP contribution < -0.4 is 16.0 Å². The lowest BCUT2D eigenvalue weighted by molar-refractivity contribution is 0.708. The SMILES string of the molecule is Nc1ccccc1C1Nc2ccccc2N1CCc1ccccc1. The van der Waals surface area contributed by atoms with Crippen LogP contribution in [0.3, 0.4) is 0 Å². The van der Waals surface area contributed by atoms with E-state index in [4.69, 9.17) is 5.73 Å². The molecule has 3 heteroatoms. The van der Waals surface area contributed by atoms with Gasteiger partial charge in [-0.2, -0.15) is 0 Å². The summed E-state index contributed by atoms with van der Waals surface area (Å²) in [5.74, 6) is 0. The number of para-hydroxylation sites is 3. The summed E-state index contributed by atoms with van der Waals surface area (Å²) in [6, 6.07) is 27.2. The molecule has 0 bridgehead atoms. The van der Waals surface area contributed by atoms with Crippen LogP contribution in [0.15, 0.2) is 78.9 Å². The molecule has 24 heavy (non-hydrogen) atoms. The van der Waals surface area contributed by atoms with E-state index in [1.54, 1.807) is 0 Å². The smallest absolute Gasteiger partial charge is 0.128 e. The average molecular weight is 315 g/mol. The number of anilines is 3. The van der Waals surface area contributed by atoms with Gasteiger partial charge in [-0.25, -0.2) is 0 Å². The number of rotatable bonds is 4. The molecular formula is C21H21N3. The maximum atomic E-state index is 6.24. The number of hydrogen-bond acceptors (Lipinski definition) is 3. The van der Waals surface area contributed by atoms with Crippen molar-refractivity contribution in [1.29, 1.82) is 0 Å². The first kappa shape index (κ1) is 14.6.